The Morgan fingerprint density at radius 1 is 1.33 bits per heavy atom. The van der Waals surface area contributed by atoms with Gasteiger partial charge in [-0.2, -0.15) is 11.8 Å². The minimum absolute atomic E-state index is 0.158. The lowest BCUT2D eigenvalue weighted by molar-refractivity contribution is 0.0315. The molecule has 0 spiro atoms. The molecule has 2 unspecified atom stereocenters. The SMILES string of the molecule is O=C(O)c1cnc(C(=O)N2CCSC3COCCC32)cn1. The van der Waals surface area contributed by atoms with Gasteiger partial charge in [-0.3, -0.25) is 4.79 Å². The van der Waals surface area contributed by atoms with E-state index < -0.39 is 5.97 Å². The zero-order valence-corrected chi connectivity index (χ0v) is 12.1. The highest BCUT2D eigenvalue weighted by Gasteiger charge is 2.37. The number of hydrogen-bond donors (Lipinski definition) is 1. The van der Waals surface area contributed by atoms with Gasteiger partial charge in [0, 0.05) is 30.2 Å². The molecule has 2 saturated heterocycles. The van der Waals surface area contributed by atoms with Crippen molar-refractivity contribution in [3.05, 3.63) is 23.8 Å². The summed E-state index contributed by atoms with van der Waals surface area (Å²) >= 11 is 1.84. The number of hydrogen-bond acceptors (Lipinski definition) is 6. The van der Waals surface area contributed by atoms with Crippen LogP contribution < -0.4 is 0 Å². The van der Waals surface area contributed by atoms with Crippen molar-refractivity contribution in [1.29, 1.82) is 0 Å². The molecule has 2 atom stereocenters. The average molecular weight is 309 g/mol. The molecule has 3 rings (SSSR count). The number of carboxylic acids is 1. The quantitative estimate of drug-likeness (QED) is 0.851. The van der Waals surface area contributed by atoms with Gasteiger partial charge in [-0.25, -0.2) is 14.8 Å². The summed E-state index contributed by atoms with van der Waals surface area (Å²) in [6, 6.07) is 0.158. The fraction of sp³-hybridized carbons (Fsp3) is 0.538. The summed E-state index contributed by atoms with van der Waals surface area (Å²) in [7, 11) is 0. The molecule has 1 aromatic rings. The third kappa shape index (κ3) is 2.86. The monoisotopic (exact) mass is 309 g/mol. The number of thioether (sulfide) groups is 1. The Balaban J connectivity index is 1.78. The predicted molar refractivity (Wildman–Crippen MR) is 75.5 cm³/mol. The largest absolute Gasteiger partial charge is 0.476 e. The summed E-state index contributed by atoms with van der Waals surface area (Å²) in [4.78, 5) is 32.8. The lowest BCUT2D eigenvalue weighted by atomic mass is 10.1. The standard InChI is InChI=1S/C13H15N3O4S/c17-12(8-5-15-9(6-14-8)13(18)19)16-2-4-21-11-7-20-3-1-10(11)16/h5-6,10-11H,1-4,7H2,(H,18,19). The first kappa shape index (κ1) is 14.3. The van der Waals surface area contributed by atoms with Crippen molar-refractivity contribution >= 4 is 23.6 Å². The molecule has 21 heavy (non-hydrogen) atoms. The van der Waals surface area contributed by atoms with Gasteiger partial charge in [0.2, 0.25) is 0 Å². The second-order valence-electron chi connectivity index (χ2n) is 4.93. The zero-order valence-electron chi connectivity index (χ0n) is 11.3. The molecule has 1 N–H and O–H groups in total. The second-order valence-corrected chi connectivity index (χ2v) is 6.28. The maximum absolute atomic E-state index is 12.6. The first-order chi connectivity index (χ1) is 10.2. The highest BCUT2D eigenvalue weighted by Crippen LogP contribution is 2.30. The van der Waals surface area contributed by atoms with Crippen molar-refractivity contribution in [2.75, 3.05) is 25.5 Å². The van der Waals surface area contributed by atoms with Crippen molar-refractivity contribution in [1.82, 2.24) is 14.9 Å². The number of carbonyl (C=O) groups excluding carboxylic acids is 1. The van der Waals surface area contributed by atoms with Gasteiger partial charge >= 0.3 is 5.97 Å². The van der Waals surface area contributed by atoms with Gasteiger partial charge in [0.15, 0.2) is 5.69 Å². The van der Waals surface area contributed by atoms with E-state index in [1.54, 1.807) is 0 Å². The van der Waals surface area contributed by atoms with Crippen molar-refractivity contribution in [3.63, 3.8) is 0 Å². The normalized spacial score (nSPS) is 25.2. The van der Waals surface area contributed by atoms with Crippen LogP contribution in [0.25, 0.3) is 0 Å². The number of aromatic carboxylic acids is 1. The second kappa shape index (κ2) is 5.98. The number of rotatable bonds is 2. The van der Waals surface area contributed by atoms with Gasteiger partial charge in [-0.15, -0.1) is 0 Å². The van der Waals surface area contributed by atoms with Crippen LogP contribution in [-0.2, 0) is 4.74 Å². The van der Waals surface area contributed by atoms with Crippen molar-refractivity contribution in [2.45, 2.75) is 17.7 Å². The molecule has 112 valence electrons. The topological polar surface area (TPSA) is 92.6 Å². The van der Waals surface area contributed by atoms with Crippen molar-refractivity contribution in [3.8, 4) is 0 Å². The Morgan fingerprint density at radius 3 is 2.81 bits per heavy atom. The third-order valence-electron chi connectivity index (χ3n) is 3.68. The maximum atomic E-state index is 12.6. The number of ether oxygens (including phenoxy) is 1. The number of amides is 1. The minimum Gasteiger partial charge on any atom is -0.476 e. The van der Waals surface area contributed by atoms with E-state index in [0.717, 1.165) is 18.4 Å². The van der Waals surface area contributed by atoms with Crippen LogP contribution in [0.2, 0.25) is 0 Å². The van der Waals surface area contributed by atoms with Crippen molar-refractivity contribution < 1.29 is 19.4 Å². The van der Waals surface area contributed by atoms with E-state index in [-0.39, 0.29) is 23.3 Å². The Labute approximate surface area is 125 Å². The minimum atomic E-state index is -1.15. The molecule has 7 nitrogen and oxygen atoms in total. The Morgan fingerprint density at radius 2 is 2.10 bits per heavy atom. The van der Waals surface area contributed by atoms with Crippen LogP contribution in [-0.4, -0.2) is 68.7 Å². The molecule has 2 fully saturated rings. The first-order valence-corrected chi connectivity index (χ1v) is 7.77. The van der Waals surface area contributed by atoms with Gasteiger partial charge in [0.1, 0.15) is 5.69 Å². The first-order valence-electron chi connectivity index (χ1n) is 6.72. The molecule has 0 radical (unpaired) electrons. The molecule has 0 aliphatic carbocycles. The lowest BCUT2D eigenvalue weighted by Gasteiger charge is -2.43. The number of aromatic nitrogens is 2. The molecular formula is C13H15N3O4S. The average Bonchev–Trinajstić information content (AvgIpc) is 2.53. The zero-order chi connectivity index (χ0) is 14.8. The summed E-state index contributed by atoms with van der Waals surface area (Å²) in [5.41, 5.74) is 0.0295. The summed E-state index contributed by atoms with van der Waals surface area (Å²) in [6.45, 7) is 2.00. The number of fused-ring (bicyclic) bond motifs is 1. The van der Waals surface area contributed by atoms with E-state index in [1.807, 2.05) is 16.7 Å². The number of carbonyl (C=O) groups is 2. The van der Waals surface area contributed by atoms with E-state index in [4.69, 9.17) is 9.84 Å². The van der Waals surface area contributed by atoms with E-state index in [2.05, 4.69) is 9.97 Å². The summed E-state index contributed by atoms with van der Waals surface area (Å²) in [5, 5.41) is 9.11. The molecule has 0 aromatic carbocycles. The summed E-state index contributed by atoms with van der Waals surface area (Å²) in [6.07, 6.45) is 3.18. The molecule has 0 saturated carbocycles. The van der Waals surface area contributed by atoms with Crippen LogP contribution in [0.5, 0.6) is 0 Å². The van der Waals surface area contributed by atoms with Gasteiger partial charge in [0.05, 0.1) is 19.0 Å². The molecule has 2 aliphatic rings. The Kier molecular flexibility index (Phi) is 4.07. The van der Waals surface area contributed by atoms with E-state index in [9.17, 15) is 9.59 Å². The Hall–Kier alpha value is -1.67. The molecule has 3 heterocycles. The molecule has 0 bridgehead atoms. The van der Waals surface area contributed by atoms with Gasteiger partial charge in [0.25, 0.3) is 5.91 Å². The molecule has 2 aliphatic heterocycles. The van der Waals surface area contributed by atoms with Crippen LogP contribution in [0, 0.1) is 0 Å². The summed E-state index contributed by atoms with van der Waals surface area (Å²) < 4.78 is 5.46. The number of carboxylic acid groups (broad SMARTS) is 1. The highest BCUT2D eigenvalue weighted by atomic mass is 32.2. The maximum Gasteiger partial charge on any atom is 0.356 e. The van der Waals surface area contributed by atoms with E-state index >= 15 is 0 Å². The van der Waals surface area contributed by atoms with Gasteiger partial charge in [-0.05, 0) is 6.42 Å². The lowest BCUT2D eigenvalue weighted by Crippen LogP contribution is -2.54. The van der Waals surface area contributed by atoms with Crippen LogP contribution in [0.3, 0.4) is 0 Å². The third-order valence-corrected chi connectivity index (χ3v) is 4.98. The van der Waals surface area contributed by atoms with Gasteiger partial charge < -0.3 is 14.7 Å². The van der Waals surface area contributed by atoms with E-state index in [1.165, 1.54) is 6.20 Å². The molecule has 1 amide bonds. The number of nitrogens with zero attached hydrogens (tertiary/aromatic N) is 3. The van der Waals surface area contributed by atoms with Crippen LogP contribution in [0.1, 0.15) is 27.4 Å². The van der Waals surface area contributed by atoms with Crippen LogP contribution >= 0.6 is 11.8 Å². The fourth-order valence-corrected chi connectivity index (χ4v) is 3.94. The molecular weight excluding hydrogens is 294 g/mol. The predicted octanol–water partition coefficient (Wildman–Crippen LogP) is 0.521. The van der Waals surface area contributed by atoms with Crippen LogP contribution in [0.15, 0.2) is 12.4 Å². The smallest absolute Gasteiger partial charge is 0.356 e. The summed E-state index contributed by atoms with van der Waals surface area (Å²) in [5.74, 6) is -0.464. The van der Waals surface area contributed by atoms with E-state index in [0.29, 0.717) is 25.0 Å². The Bertz CT molecular complexity index is 549. The van der Waals surface area contributed by atoms with Gasteiger partial charge in [-0.1, -0.05) is 0 Å². The molecule has 8 heteroatoms. The van der Waals surface area contributed by atoms with Crippen LogP contribution in [0.4, 0.5) is 0 Å². The molecule has 1 aromatic heterocycles. The highest BCUT2D eigenvalue weighted by molar-refractivity contribution is 8.00. The van der Waals surface area contributed by atoms with Crippen molar-refractivity contribution in [2.24, 2.45) is 0 Å². The fourth-order valence-electron chi connectivity index (χ4n) is 2.63.